The van der Waals surface area contributed by atoms with Crippen molar-refractivity contribution in [2.24, 2.45) is 0 Å². The molecule has 16 heavy (non-hydrogen) atoms. The molecule has 0 saturated carbocycles. The lowest BCUT2D eigenvalue weighted by Gasteiger charge is -2.22. The molecule has 4 heteroatoms. The van der Waals surface area contributed by atoms with Gasteiger partial charge in [0.05, 0.1) is 18.8 Å². The van der Waals surface area contributed by atoms with E-state index in [1.165, 1.54) is 0 Å². The molecule has 0 aliphatic carbocycles. The van der Waals surface area contributed by atoms with Gasteiger partial charge in [0.15, 0.2) is 0 Å². The van der Waals surface area contributed by atoms with Crippen molar-refractivity contribution in [3.63, 3.8) is 0 Å². The minimum absolute atomic E-state index is 0.101. The maximum absolute atomic E-state index is 11.7. The number of rotatable bonds is 3. The van der Waals surface area contributed by atoms with Crippen molar-refractivity contribution in [2.75, 3.05) is 18.6 Å². The number of anilines is 1. The Bertz CT molecular complexity index is 392. The second-order valence-electron chi connectivity index (χ2n) is 3.68. The third-order valence-electron chi connectivity index (χ3n) is 2.78. The maximum atomic E-state index is 11.7. The molecule has 1 fully saturated rings. The molecule has 0 N–H and O–H groups in total. The lowest BCUT2D eigenvalue weighted by atomic mass is 10.2. The molecule has 1 aliphatic heterocycles. The first-order chi connectivity index (χ1) is 7.77. The van der Waals surface area contributed by atoms with Gasteiger partial charge in [-0.2, -0.15) is 0 Å². The summed E-state index contributed by atoms with van der Waals surface area (Å²) in [5.74, 6) is 0.694. The van der Waals surface area contributed by atoms with Crippen molar-refractivity contribution < 1.29 is 14.3 Å². The number of carbonyl (C=O) groups excluding carboxylic acids is 1. The lowest BCUT2D eigenvalue weighted by molar-refractivity contribution is 0.178. The Morgan fingerprint density at radius 1 is 1.50 bits per heavy atom. The Morgan fingerprint density at radius 3 is 2.94 bits per heavy atom. The zero-order chi connectivity index (χ0) is 11.5. The van der Waals surface area contributed by atoms with Crippen molar-refractivity contribution >= 4 is 11.8 Å². The molecule has 1 aromatic carbocycles. The number of methoxy groups -OCH3 is 1. The van der Waals surface area contributed by atoms with Crippen LogP contribution in [0.2, 0.25) is 0 Å². The van der Waals surface area contributed by atoms with E-state index in [1.807, 2.05) is 31.2 Å². The summed E-state index contributed by atoms with van der Waals surface area (Å²) in [6, 6.07) is 7.58. The normalized spacial score (nSPS) is 19.8. The third kappa shape index (κ3) is 1.71. The first-order valence-corrected chi connectivity index (χ1v) is 5.37. The quantitative estimate of drug-likeness (QED) is 0.786. The van der Waals surface area contributed by atoms with Crippen LogP contribution in [0.1, 0.15) is 13.3 Å². The van der Waals surface area contributed by atoms with E-state index in [1.54, 1.807) is 12.0 Å². The van der Waals surface area contributed by atoms with Crippen molar-refractivity contribution in [1.82, 2.24) is 0 Å². The van der Waals surface area contributed by atoms with Crippen molar-refractivity contribution in [1.29, 1.82) is 0 Å². The first-order valence-electron chi connectivity index (χ1n) is 5.37. The molecule has 0 radical (unpaired) electrons. The molecule has 86 valence electrons. The van der Waals surface area contributed by atoms with Crippen LogP contribution in [-0.2, 0) is 4.74 Å². The molecule has 0 bridgehead atoms. The van der Waals surface area contributed by atoms with Gasteiger partial charge in [0.25, 0.3) is 0 Å². The largest absolute Gasteiger partial charge is 0.495 e. The highest BCUT2D eigenvalue weighted by molar-refractivity contribution is 5.92. The smallest absolute Gasteiger partial charge is 0.414 e. The predicted molar refractivity (Wildman–Crippen MR) is 60.9 cm³/mol. The molecular weight excluding hydrogens is 206 g/mol. The van der Waals surface area contributed by atoms with Crippen LogP contribution in [0.25, 0.3) is 0 Å². The van der Waals surface area contributed by atoms with Crippen LogP contribution in [0, 0.1) is 0 Å². The Balaban J connectivity index is 2.38. The zero-order valence-corrected chi connectivity index (χ0v) is 9.47. The van der Waals surface area contributed by atoms with Gasteiger partial charge in [0, 0.05) is 0 Å². The van der Waals surface area contributed by atoms with Gasteiger partial charge in [-0.05, 0) is 18.6 Å². The molecule has 0 unspecified atom stereocenters. The highest BCUT2D eigenvalue weighted by Crippen LogP contribution is 2.32. The van der Waals surface area contributed by atoms with Gasteiger partial charge < -0.3 is 9.47 Å². The number of ether oxygens (including phenoxy) is 2. The number of para-hydroxylation sites is 2. The van der Waals surface area contributed by atoms with Crippen LogP contribution in [0.3, 0.4) is 0 Å². The molecule has 4 nitrogen and oxygen atoms in total. The highest BCUT2D eigenvalue weighted by Gasteiger charge is 2.34. The molecule has 0 spiro atoms. The van der Waals surface area contributed by atoms with Crippen LogP contribution in [0.5, 0.6) is 5.75 Å². The summed E-state index contributed by atoms with van der Waals surface area (Å²) < 4.78 is 10.3. The average Bonchev–Trinajstić information content (AvgIpc) is 2.70. The highest BCUT2D eigenvalue weighted by atomic mass is 16.6. The minimum Gasteiger partial charge on any atom is -0.495 e. The van der Waals surface area contributed by atoms with E-state index in [-0.39, 0.29) is 12.1 Å². The fourth-order valence-corrected chi connectivity index (χ4v) is 1.88. The van der Waals surface area contributed by atoms with Gasteiger partial charge >= 0.3 is 6.09 Å². The lowest BCUT2D eigenvalue weighted by Crippen LogP contribution is -2.33. The number of benzene rings is 1. The Kier molecular flexibility index (Phi) is 2.99. The van der Waals surface area contributed by atoms with Crippen LogP contribution < -0.4 is 9.64 Å². The van der Waals surface area contributed by atoms with E-state index in [2.05, 4.69) is 0 Å². The zero-order valence-electron chi connectivity index (χ0n) is 9.47. The van der Waals surface area contributed by atoms with Crippen molar-refractivity contribution in [3.05, 3.63) is 24.3 Å². The van der Waals surface area contributed by atoms with Gasteiger partial charge in [0.1, 0.15) is 12.4 Å². The van der Waals surface area contributed by atoms with Gasteiger partial charge in [-0.15, -0.1) is 0 Å². The molecule has 2 rings (SSSR count). The van der Waals surface area contributed by atoms with Crippen molar-refractivity contribution in [3.8, 4) is 5.75 Å². The standard InChI is InChI=1S/C12H15NO3/c1-3-9-8-16-12(14)13(9)10-6-4-5-7-11(10)15-2/h4-7,9H,3,8H2,1-2H3/t9-/m0/s1. The minimum atomic E-state index is -0.295. The summed E-state index contributed by atoms with van der Waals surface area (Å²) >= 11 is 0. The fourth-order valence-electron chi connectivity index (χ4n) is 1.88. The van der Waals surface area contributed by atoms with E-state index >= 15 is 0 Å². The molecule has 1 aliphatic rings. The number of hydrogen-bond acceptors (Lipinski definition) is 3. The summed E-state index contributed by atoms with van der Waals surface area (Å²) in [5.41, 5.74) is 0.777. The average molecular weight is 221 g/mol. The van der Waals surface area contributed by atoms with Crippen LogP contribution in [-0.4, -0.2) is 25.9 Å². The number of hydrogen-bond donors (Lipinski definition) is 0. The molecule has 1 saturated heterocycles. The van der Waals surface area contributed by atoms with Crippen LogP contribution >= 0.6 is 0 Å². The van der Waals surface area contributed by atoms with Crippen LogP contribution in [0.4, 0.5) is 10.5 Å². The Hall–Kier alpha value is -1.71. The maximum Gasteiger partial charge on any atom is 0.414 e. The first kappa shape index (κ1) is 10.8. The van der Waals surface area contributed by atoms with E-state index in [0.717, 1.165) is 12.1 Å². The molecule has 1 atom stereocenters. The fraction of sp³-hybridized carbons (Fsp3) is 0.417. The summed E-state index contributed by atoms with van der Waals surface area (Å²) in [4.78, 5) is 13.3. The SMILES string of the molecule is CC[C@H]1COC(=O)N1c1ccccc1OC. The second kappa shape index (κ2) is 4.43. The summed E-state index contributed by atoms with van der Waals surface area (Å²) in [7, 11) is 1.60. The predicted octanol–water partition coefficient (Wildman–Crippen LogP) is 2.43. The molecule has 1 amide bonds. The van der Waals surface area contributed by atoms with E-state index in [9.17, 15) is 4.79 Å². The Labute approximate surface area is 94.8 Å². The molecule has 1 heterocycles. The van der Waals surface area contributed by atoms with E-state index in [4.69, 9.17) is 9.47 Å². The van der Waals surface area contributed by atoms with Crippen molar-refractivity contribution in [2.45, 2.75) is 19.4 Å². The Morgan fingerprint density at radius 2 is 2.25 bits per heavy atom. The van der Waals surface area contributed by atoms with Gasteiger partial charge in [-0.3, -0.25) is 4.90 Å². The van der Waals surface area contributed by atoms with Gasteiger partial charge in [-0.1, -0.05) is 19.1 Å². The van der Waals surface area contributed by atoms with E-state index in [0.29, 0.717) is 12.4 Å². The third-order valence-corrected chi connectivity index (χ3v) is 2.78. The number of carbonyl (C=O) groups is 1. The summed E-state index contributed by atoms with van der Waals surface area (Å²) in [6.07, 6.45) is 0.570. The van der Waals surface area contributed by atoms with E-state index < -0.39 is 0 Å². The number of cyclic esters (lactones) is 1. The van der Waals surface area contributed by atoms with Gasteiger partial charge in [0.2, 0.25) is 0 Å². The molecule has 0 aromatic heterocycles. The second-order valence-corrected chi connectivity index (χ2v) is 3.68. The van der Waals surface area contributed by atoms with Crippen LogP contribution in [0.15, 0.2) is 24.3 Å². The monoisotopic (exact) mass is 221 g/mol. The molecular formula is C12H15NO3. The summed E-state index contributed by atoms with van der Waals surface area (Å²) in [5, 5.41) is 0. The summed E-state index contributed by atoms with van der Waals surface area (Å²) in [6.45, 7) is 2.49. The molecule has 1 aromatic rings. The number of nitrogens with zero attached hydrogens (tertiary/aromatic N) is 1. The van der Waals surface area contributed by atoms with Gasteiger partial charge in [-0.25, -0.2) is 4.79 Å². The topological polar surface area (TPSA) is 38.8 Å². The number of amides is 1.